The number of carbonyl (C=O) groups excluding carboxylic acids is 7. The first-order chi connectivity index (χ1) is 63.5. The maximum absolute atomic E-state index is 11.3. The molecule has 0 radical (unpaired) electrons. The van der Waals surface area contributed by atoms with Gasteiger partial charge in [0.2, 0.25) is 0 Å². The number of aromatic nitrogens is 6. The zero-order chi connectivity index (χ0) is 100.0. The monoisotopic (exact) mass is 2120 g/mol. The van der Waals surface area contributed by atoms with Crippen molar-refractivity contribution in [1.82, 2.24) is 67.1 Å². The molecule has 742 valence electrons. The van der Waals surface area contributed by atoms with Gasteiger partial charge in [0.25, 0.3) is 5.69 Å². The van der Waals surface area contributed by atoms with Crippen molar-refractivity contribution in [3.05, 3.63) is 183 Å². The van der Waals surface area contributed by atoms with E-state index in [1.165, 1.54) is 56.8 Å². The zero-order valence-corrected chi connectivity index (χ0v) is 90.8. The van der Waals surface area contributed by atoms with Gasteiger partial charge in [-0.25, -0.2) is 63.5 Å². The zero-order valence-electron chi connectivity index (χ0n) is 79.4. The number of nitro benzene ring substituents is 1. The molecule has 1 aromatic carbocycles. The summed E-state index contributed by atoms with van der Waals surface area (Å²) in [5, 5.41) is 45.4. The molecule has 0 aliphatic heterocycles. The summed E-state index contributed by atoms with van der Waals surface area (Å²) in [6.07, 6.45) is 10.1. The fraction of sp³-hybridized carbons (Fsp3) is 0.506. The largest absolute Gasteiger partial charge is 0.448 e. The van der Waals surface area contributed by atoms with Crippen LogP contribution in [0.5, 0.6) is 0 Å². The number of rotatable bonds is 44. The summed E-state index contributed by atoms with van der Waals surface area (Å²) in [6, 6.07) is 31.7. The molecule has 8 rings (SSSR count). The van der Waals surface area contributed by atoms with Gasteiger partial charge < -0.3 is 70.4 Å². The van der Waals surface area contributed by atoms with Gasteiger partial charge in [0.05, 0.1) is 33.6 Å². The Kier molecular flexibility index (Phi) is 63.7. The molecule has 2 atom stereocenters. The van der Waals surface area contributed by atoms with Crippen LogP contribution in [0.3, 0.4) is 0 Å². The minimum Gasteiger partial charge on any atom is -0.448 e. The molecule has 1 saturated carbocycles. The number of benzene rings is 1. The fourth-order valence-corrected chi connectivity index (χ4v) is 23.0. The molecule has 7 aromatic rings. The van der Waals surface area contributed by atoms with Crippen molar-refractivity contribution in [2.24, 2.45) is 0 Å². The van der Waals surface area contributed by atoms with Crippen LogP contribution in [0.15, 0.2) is 175 Å². The van der Waals surface area contributed by atoms with Gasteiger partial charge in [0.15, 0.2) is 5.03 Å². The molecule has 0 saturated heterocycles. The first-order valence-corrected chi connectivity index (χ1v) is 57.4. The summed E-state index contributed by atoms with van der Waals surface area (Å²) in [4.78, 5) is 126. The smallest absolute Gasteiger partial charge is 0.407 e. The number of nitro groups is 2. The number of carbonyl (C=O) groups is 7. The third kappa shape index (κ3) is 61.1. The Balaban J connectivity index is 0.000000530. The quantitative estimate of drug-likeness (QED) is 0.00807. The molecular formula is C87H127N15O18S14. The first-order valence-electron chi connectivity index (χ1n) is 42.3. The summed E-state index contributed by atoms with van der Waals surface area (Å²) in [5.74, 6) is 0. The molecule has 0 spiro atoms. The summed E-state index contributed by atoms with van der Waals surface area (Å²) in [5.41, 5.74) is 4.18. The summed E-state index contributed by atoms with van der Waals surface area (Å²) in [7, 11) is 22.0. The van der Waals surface area contributed by atoms with Crippen molar-refractivity contribution in [3.8, 4) is 0 Å². The van der Waals surface area contributed by atoms with Crippen molar-refractivity contribution in [2.75, 3.05) is 92.1 Å². The van der Waals surface area contributed by atoms with Crippen molar-refractivity contribution >= 4 is 205 Å². The number of hydrogen-bond acceptors (Lipinski definition) is 38. The van der Waals surface area contributed by atoms with Gasteiger partial charge in [-0.05, 0) is 300 Å². The van der Waals surface area contributed by atoms with Crippen LogP contribution in [0.1, 0.15) is 153 Å². The predicted octanol–water partition coefficient (Wildman–Crippen LogP) is 24.1. The van der Waals surface area contributed by atoms with Crippen LogP contribution in [-0.2, 0) is 33.2 Å². The van der Waals surface area contributed by atoms with Gasteiger partial charge in [-0.3, -0.25) is 20.2 Å². The Morgan fingerprint density at radius 1 is 0.381 bits per heavy atom. The van der Waals surface area contributed by atoms with E-state index in [1.807, 2.05) is 217 Å². The molecule has 2 unspecified atom stereocenters. The molecule has 33 nitrogen and oxygen atoms in total. The standard InChI is InChI=1S/C14H20N2O4S2.C13H18N2O2S2.C13H20N2O2S2.C12H17N3O4S2.2C12H18N2O2S2.C11H16N2O2S2/c1-5-15-13(17)20-9-14(3,4)22-21-11-6-7-12(16(18)19)10(2)8-11;1-3-14-12(16)17-9-13(6-7-13)19-18-11-5-4-10(2)8-15-11;1-5-14-12(16)17-9-13(3,4)19-18-11-7-6-10(2)8-15-11;1-4-13-11(16)19-8-12(2,3)21-20-10-9(15(17)18)6-5-7-14-10;1-4-13-12(15)16-8-10(3)17-18-11-6-5-9(2)7-14-11;1-4-13-11(15)16-9-12(2,3)18-17-10-7-5-6-8-14-10;1-3-12-11(14)15-8-9(2)16-17-10-6-4-5-7-13-10/h6-8H,5,9H2,1-4H3,(H,15,17);4-5,8H,3,6-7,9H2,1-2H3,(H,14,16);6-8H,5,9H2,1-4H3,(H,14,16);5-7H,4,8H2,1-3H3,(H,13,16);5-7,10H,4,8H2,1-3H3,(H,13,15);5-8H,4,9H2,1-3H3,(H,13,15);4-7,9H,3,8H2,1-2H3,(H,12,14). The molecule has 1 aliphatic carbocycles. The number of hydrogen-bond donors (Lipinski definition) is 7. The van der Waals surface area contributed by atoms with Gasteiger partial charge in [0.1, 0.15) is 71.4 Å². The van der Waals surface area contributed by atoms with Gasteiger partial charge in [-0.1, -0.05) is 117 Å². The molecule has 6 aromatic heterocycles. The molecule has 47 heteroatoms. The average molecular weight is 2120 g/mol. The second-order valence-electron chi connectivity index (χ2n) is 30.5. The van der Waals surface area contributed by atoms with Crippen LogP contribution in [0.25, 0.3) is 0 Å². The van der Waals surface area contributed by atoms with Gasteiger partial charge in [-0.2, -0.15) is 0 Å². The number of ether oxygens (including phenoxy) is 7. The second-order valence-corrected chi connectivity index (χ2v) is 49.9. The topological polar surface area (TPSA) is 432 Å². The molecule has 7 N–H and O–H groups in total. The number of aryl methyl sites for hydroxylation is 4. The van der Waals surface area contributed by atoms with E-state index >= 15 is 0 Å². The van der Waals surface area contributed by atoms with Crippen LogP contribution in [0.4, 0.5) is 44.9 Å². The van der Waals surface area contributed by atoms with Crippen LogP contribution < -0.4 is 37.2 Å². The third-order valence-corrected chi connectivity index (χ3v) is 36.7. The Labute approximate surface area is 843 Å². The van der Waals surface area contributed by atoms with E-state index in [-0.39, 0.29) is 89.5 Å². The van der Waals surface area contributed by atoms with Crippen LogP contribution in [0, 0.1) is 47.9 Å². The highest BCUT2D eigenvalue weighted by Crippen LogP contribution is 2.55. The number of nitrogens with one attached hydrogen (secondary N) is 7. The minimum absolute atomic E-state index is 0.0320. The molecule has 6 heterocycles. The highest BCUT2D eigenvalue weighted by molar-refractivity contribution is 8.79. The van der Waals surface area contributed by atoms with Gasteiger partial charge in [-0.15, -0.1) is 0 Å². The maximum atomic E-state index is 11.3. The average Bonchev–Trinajstić information content (AvgIpc) is 1.66. The van der Waals surface area contributed by atoms with E-state index in [2.05, 4.69) is 73.2 Å². The van der Waals surface area contributed by atoms with Crippen LogP contribution >= 0.6 is 151 Å². The highest BCUT2D eigenvalue weighted by Gasteiger charge is 2.45. The van der Waals surface area contributed by atoms with Gasteiger partial charge >= 0.3 is 48.3 Å². The molecule has 1 aliphatic rings. The third-order valence-electron chi connectivity index (χ3n) is 15.2. The van der Waals surface area contributed by atoms with E-state index < -0.39 is 21.9 Å². The van der Waals surface area contributed by atoms with Gasteiger partial charge in [0, 0.05) is 116 Å². The molecule has 1 fully saturated rings. The Morgan fingerprint density at radius 2 is 0.709 bits per heavy atom. The molecule has 0 bridgehead atoms. The second kappa shape index (κ2) is 69.5. The SMILES string of the molecule is CCNC(=O)OCC(C)(C)SSc1ccc(C)cn1.CCNC(=O)OCC(C)(C)SSc1ccc([N+](=O)[O-])c(C)c1.CCNC(=O)OCC(C)(C)SSc1ccccn1.CCNC(=O)OCC(C)(C)SSc1ncccc1[N+](=O)[O-].CCNC(=O)OCC(C)SSc1ccc(C)cn1.CCNC(=O)OCC(C)SSc1ccccn1.CCNC(=O)OCC1(SSc2ccc(C)cn2)CC1. The Hall–Kier alpha value is -7.29. The van der Waals surface area contributed by atoms with Crippen molar-refractivity contribution in [1.29, 1.82) is 0 Å². The number of amides is 7. The minimum atomic E-state index is -0.472. The lowest BCUT2D eigenvalue weighted by atomic mass is 10.2. The van der Waals surface area contributed by atoms with Crippen molar-refractivity contribution in [3.63, 3.8) is 0 Å². The normalized spacial score (nSPS) is 12.0. The Morgan fingerprint density at radius 3 is 1.04 bits per heavy atom. The number of pyridine rings is 6. The van der Waals surface area contributed by atoms with E-state index in [0.717, 1.165) is 59.6 Å². The van der Waals surface area contributed by atoms with E-state index in [9.17, 15) is 53.8 Å². The lowest BCUT2D eigenvalue weighted by Crippen LogP contribution is -2.30. The van der Waals surface area contributed by atoms with Crippen LogP contribution in [-0.4, -0.2) is 209 Å². The maximum Gasteiger partial charge on any atom is 0.407 e. The number of nitrogens with zero attached hydrogens (tertiary/aromatic N) is 8. The van der Waals surface area contributed by atoms with E-state index in [1.54, 1.807) is 157 Å². The summed E-state index contributed by atoms with van der Waals surface area (Å²) < 4.78 is 34.9. The van der Waals surface area contributed by atoms with E-state index in [4.69, 9.17) is 33.2 Å². The summed E-state index contributed by atoms with van der Waals surface area (Å²) in [6.45, 7) is 47.0. The fourth-order valence-electron chi connectivity index (χ4n) is 8.24. The highest BCUT2D eigenvalue weighted by atomic mass is 33.1. The summed E-state index contributed by atoms with van der Waals surface area (Å²) >= 11 is 0. The molecule has 7 amide bonds. The predicted molar refractivity (Wildman–Crippen MR) is 561 cm³/mol. The van der Waals surface area contributed by atoms with Crippen molar-refractivity contribution < 1.29 is 76.6 Å². The Bertz CT molecular complexity index is 4500. The lowest BCUT2D eigenvalue weighted by molar-refractivity contribution is -0.388. The van der Waals surface area contributed by atoms with Crippen LogP contribution in [0.2, 0.25) is 0 Å². The molecule has 134 heavy (non-hydrogen) atoms. The lowest BCUT2D eigenvalue weighted by Gasteiger charge is -2.22. The first kappa shape index (κ1) is 123. The van der Waals surface area contributed by atoms with E-state index in [0.29, 0.717) is 89.4 Å². The molecular weight excluding hydrogens is 1990 g/mol. The number of alkyl carbamates (subject to hydrolysis) is 7. The van der Waals surface area contributed by atoms with Crippen molar-refractivity contribution in [2.45, 2.75) is 228 Å².